The van der Waals surface area contributed by atoms with Gasteiger partial charge in [-0.1, -0.05) is 80.4 Å². The smallest absolute Gasteiger partial charge is 0.217 e. The van der Waals surface area contributed by atoms with Gasteiger partial charge in [-0.2, -0.15) is 26.3 Å². The van der Waals surface area contributed by atoms with E-state index in [0.717, 1.165) is 16.7 Å². The normalized spacial score (nSPS) is 19.1. The lowest BCUT2D eigenvalue weighted by atomic mass is 9.92. The van der Waals surface area contributed by atoms with E-state index in [2.05, 4.69) is 31.9 Å². The van der Waals surface area contributed by atoms with E-state index >= 15 is 0 Å². The van der Waals surface area contributed by atoms with Crippen molar-refractivity contribution in [2.24, 2.45) is 0 Å². The minimum atomic E-state index is -7.00. The molecule has 188 valence electrons. The van der Waals surface area contributed by atoms with Crippen LogP contribution in [0.4, 0.5) is 26.3 Å². The molecule has 4 nitrogen and oxygen atoms in total. The summed E-state index contributed by atoms with van der Waals surface area (Å²) in [4.78, 5) is 0. The zero-order valence-electron chi connectivity index (χ0n) is 17.0. The molecule has 0 fully saturated rings. The van der Waals surface area contributed by atoms with Crippen LogP contribution in [0.2, 0.25) is 0 Å². The number of hydrogen-bond donors (Lipinski definition) is 0. The van der Waals surface area contributed by atoms with Gasteiger partial charge >= 0.3 is 11.0 Å². The summed E-state index contributed by atoms with van der Waals surface area (Å²) >= 11 is 5.10. The van der Waals surface area contributed by atoms with Crippen LogP contribution in [0.5, 0.6) is 0 Å². The number of alkyl halides is 8. The Kier molecular flexibility index (Phi) is 5.98. The molecule has 0 N–H and O–H groups in total. The predicted octanol–water partition coefficient (Wildman–Crippen LogP) is 6.26. The first kappa shape index (κ1) is 26.4. The van der Waals surface area contributed by atoms with Crippen LogP contribution in [0.3, 0.4) is 0 Å². The fourth-order valence-corrected chi connectivity index (χ4v) is 11.3. The maximum Gasteiger partial charge on any atom is 0.499 e. The molecule has 0 spiro atoms. The Morgan fingerprint density at radius 3 is 1.80 bits per heavy atom. The average Bonchev–Trinajstić information content (AvgIpc) is 3.09. The number of sulfone groups is 2. The Morgan fingerprint density at radius 2 is 1.26 bits per heavy atom. The molecule has 2 aromatic rings. The number of benzene rings is 2. The molecule has 0 saturated heterocycles. The van der Waals surface area contributed by atoms with Crippen LogP contribution in [-0.2, 0) is 26.1 Å². The molecule has 0 amide bonds. The van der Waals surface area contributed by atoms with Gasteiger partial charge in [0.2, 0.25) is 4.08 Å². The quantitative estimate of drug-likeness (QED) is 0.245. The van der Waals surface area contributed by atoms with Crippen LogP contribution >= 0.6 is 31.9 Å². The molecule has 4 rings (SSSR count). The molecule has 14 heteroatoms. The van der Waals surface area contributed by atoms with Crippen molar-refractivity contribution in [3.05, 3.63) is 77.4 Å². The van der Waals surface area contributed by atoms with Crippen molar-refractivity contribution < 1.29 is 43.2 Å². The van der Waals surface area contributed by atoms with E-state index in [0.29, 0.717) is 29.7 Å². The molecule has 2 aliphatic carbocycles. The van der Waals surface area contributed by atoms with Crippen molar-refractivity contribution in [2.75, 3.05) is 0 Å². The second-order valence-electron chi connectivity index (χ2n) is 7.79. The van der Waals surface area contributed by atoms with Crippen LogP contribution in [0.25, 0.3) is 16.7 Å². The first-order valence-electron chi connectivity index (χ1n) is 9.51. The van der Waals surface area contributed by atoms with Crippen LogP contribution in [0, 0.1) is 0 Å². The Balaban J connectivity index is 1.96. The van der Waals surface area contributed by atoms with Gasteiger partial charge in [-0.05, 0) is 52.0 Å². The monoisotopic (exact) mass is 664 g/mol. The first-order chi connectivity index (χ1) is 15.9. The molecule has 0 heterocycles. The summed E-state index contributed by atoms with van der Waals surface area (Å²) in [5.74, 6) is 0. The molecule has 0 atom stereocenters. The van der Waals surface area contributed by atoms with Gasteiger partial charge in [0, 0.05) is 0 Å². The summed E-state index contributed by atoms with van der Waals surface area (Å²) in [6.45, 7) is 0. The second-order valence-corrected chi connectivity index (χ2v) is 15.8. The topological polar surface area (TPSA) is 68.3 Å². The highest BCUT2D eigenvalue weighted by atomic mass is 79.9. The minimum absolute atomic E-state index is 0.0220. The summed E-state index contributed by atoms with van der Waals surface area (Å²) in [5.41, 5.74) is -8.94. The van der Waals surface area contributed by atoms with Crippen molar-refractivity contribution in [3.8, 4) is 11.1 Å². The zero-order valence-corrected chi connectivity index (χ0v) is 21.8. The van der Waals surface area contributed by atoms with E-state index in [1.807, 2.05) is 18.2 Å². The Labute approximate surface area is 212 Å². The molecule has 2 aliphatic rings. The van der Waals surface area contributed by atoms with Crippen molar-refractivity contribution in [3.63, 3.8) is 0 Å². The fraction of sp³-hybridized carbons (Fsp3) is 0.238. The molecular weight excluding hydrogens is 654 g/mol. The molecule has 0 bridgehead atoms. The lowest BCUT2D eigenvalue weighted by Crippen LogP contribution is -2.63. The lowest BCUT2D eigenvalue weighted by Gasteiger charge is -2.41. The highest BCUT2D eigenvalue weighted by molar-refractivity contribution is 9.25. The van der Waals surface area contributed by atoms with Crippen molar-refractivity contribution >= 4 is 57.1 Å². The predicted molar refractivity (Wildman–Crippen MR) is 125 cm³/mol. The van der Waals surface area contributed by atoms with Crippen LogP contribution in [0.15, 0.2) is 60.7 Å². The Bertz CT molecular complexity index is 1460. The van der Waals surface area contributed by atoms with Crippen LogP contribution < -0.4 is 0 Å². The van der Waals surface area contributed by atoms with E-state index < -0.39 is 38.0 Å². The zero-order chi connectivity index (χ0) is 26.2. The van der Waals surface area contributed by atoms with E-state index in [1.165, 1.54) is 0 Å². The summed E-state index contributed by atoms with van der Waals surface area (Å²) < 4.78 is 124. The molecule has 0 saturated carbocycles. The fourth-order valence-electron chi connectivity index (χ4n) is 4.28. The molecule has 0 aromatic heterocycles. The lowest BCUT2D eigenvalue weighted by molar-refractivity contribution is -0.0484. The summed E-state index contributed by atoms with van der Waals surface area (Å²) in [6.07, 6.45) is 1.68. The second kappa shape index (κ2) is 7.93. The van der Waals surface area contributed by atoms with Crippen molar-refractivity contribution in [1.29, 1.82) is 0 Å². The third-order valence-corrected chi connectivity index (χ3v) is 13.7. The van der Waals surface area contributed by atoms with E-state index in [1.54, 1.807) is 24.3 Å². The number of allylic oxidation sites excluding steroid dienone is 3. The molecular formula is C21H12Br2F6O4S2. The Hall–Kier alpha value is -1.64. The highest BCUT2D eigenvalue weighted by Gasteiger charge is 2.78. The molecule has 2 aromatic carbocycles. The average molecular weight is 666 g/mol. The maximum atomic E-state index is 13.6. The van der Waals surface area contributed by atoms with Crippen LogP contribution in [-0.4, -0.2) is 35.2 Å². The number of halogens is 8. The van der Waals surface area contributed by atoms with Gasteiger partial charge in [-0.15, -0.1) is 0 Å². The minimum Gasteiger partial charge on any atom is -0.217 e. The summed E-state index contributed by atoms with van der Waals surface area (Å²) in [6, 6.07) is 12.3. The maximum absolute atomic E-state index is 13.6. The Morgan fingerprint density at radius 1 is 0.743 bits per heavy atom. The number of hydrogen-bond acceptors (Lipinski definition) is 4. The SMILES string of the molecule is O=S(=O)(C(F)(F)F)C1(S(=O)(=O)C(F)(F)F)C=CC(c2cccc3c2Cc2ccccc2-3)=CC1(Br)Br. The van der Waals surface area contributed by atoms with Crippen molar-refractivity contribution in [1.82, 2.24) is 0 Å². The van der Waals surface area contributed by atoms with Gasteiger partial charge in [-0.3, -0.25) is 0 Å². The molecule has 0 unspecified atom stereocenters. The highest BCUT2D eigenvalue weighted by Crippen LogP contribution is 2.59. The standard InChI is InChI=1S/C21H12Br2F6O4S2/c22-18(23)11-13(15-6-3-7-16-14-5-2-1-4-12(14)10-17(15)16)8-9-19(18,34(30,31)20(24,25)26)35(32,33)21(27,28)29/h1-9,11H,10H2. The third kappa shape index (κ3) is 3.57. The van der Waals surface area contributed by atoms with E-state index in [4.69, 9.17) is 0 Å². The van der Waals surface area contributed by atoms with Crippen molar-refractivity contribution in [2.45, 2.75) is 24.8 Å². The molecule has 0 radical (unpaired) electrons. The van der Waals surface area contributed by atoms with E-state index in [-0.39, 0.29) is 11.6 Å². The van der Waals surface area contributed by atoms with Gasteiger partial charge < -0.3 is 0 Å². The summed E-state index contributed by atoms with van der Waals surface area (Å²) in [7, 11) is -14.0. The van der Waals surface area contributed by atoms with Gasteiger partial charge in [-0.25, -0.2) is 16.8 Å². The number of fused-ring (bicyclic) bond motifs is 3. The van der Waals surface area contributed by atoms with Crippen LogP contribution in [0.1, 0.15) is 16.7 Å². The molecule has 35 heavy (non-hydrogen) atoms. The van der Waals surface area contributed by atoms with Gasteiger partial charge in [0.25, 0.3) is 19.7 Å². The van der Waals surface area contributed by atoms with Gasteiger partial charge in [0.1, 0.15) is 3.23 Å². The van der Waals surface area contributed by atoms with Gasteiger partial charge in [0.15, 0.2) is 0 Å². The molecule has 0 aliphatic heterocycles. The summed E-state index contributed by atoms with van der Waals surface area (Å²) in [5, 5.41) is 0. The number of rotatable bonds is 3. The van der Waals surface area contributed by atoms with Gasteiger partial charge in [0.05, 0.1) is 0 Å². The van der Waals surface area contributed by atoms with E-state index in [9.17, 15) is 43.2 Å². The third-order valence-electron chi connectivity index (χ3n) is 5.85. The largest absolute Gasteiger partial charge is 0.499 e. The first-order valence-corrected chi connectivity index (χ1v) is 14.1.